The minimum atomic E-state index is -0.206. The fourth-order valence-corrected chi connectivity index (χ4v) is 1.71. The van der Waals surface area contributed by atoms with E-state index in [2.05, 4.69) is 5.10 Å². The van der Waals surface area contributed by atoms with Gasteiger partial charge in [-0.05, 0) is 37.1 Å². The molecular weight excluding hydrogens is 217 g/mol. The third-order valence-electron chi connectivity index (χ3n) is 2.82. The largest absolute Gasteiger partial charge is 0.324 e. The molecule has 1 aromatic heterocycles. The van der Waals surface area contributed by atoms with Gasteiger partial charge in [-0.1, -0.05) is 6.07 Å². The van der Waals surface area contributed by atoms with Crippen LogP contribution in [0.5, 0.6) is 0 Å². The summed E-state index contributed by atoms with van der Waals surface area (Å²) in [6, 6.07) is 4.78. The molecule has 2 rings (SSSR count). The second-order valence-corrected chi connectivity index (χ2v) is 4.33. The first-order valence-corrected chi connectivity index (χ1v) is 5.59. The normalized spacial score (nSPS) is 12.7. The first kappa shape index (κ1) is 11.8. The van der Waals surface area contributed by atoms with Crippen LogP contribution in [0.3, 0.4) is 0 Å². The monoisotopic (exact) mass is 233 g/mol. The third kappa shape index (κ3) is 2.71. The van der Waals surface area contributed by atoms with E-state index >= 15 is 0 Å². The van der Waals surface area contributed by atoms with Gasteiger partial charge in [-0.25, -0.2) is 4.39 Å². The van der Waals surface area contributed by atoms with Crippen LogP contribution >= 0.6 is 0 Å². The average molecular weight is 233 g/mol. The van der Waals surface area contributed by atoms with Crippen molar-refractivity contribution in [2.24, 2.45) is 5.73 Å². The van der Waals surface area contributed by atoms with Crippen molar-refractivity contribution in [3.05, 3.63) is 53.1 Å². The van der Waals surface area contributed by atoms with Gasteiger partial charge in [0.15, 0.2) is 0 Å². The second kappa shape index (κ2) is 4.67. The molecule has 1 aromatic carbocycles. The lowest BCUT2D eigenvalue weighted by atomic mass is 10.1. The highest BCUT2D eigenvalue weighted by atomic mass is 19.1. The number of nitrogens with two attached hydrogens (primary N) is 1. The van der Waals surface area contributed by atoms with Crippen LogP contribution < -0.4 is 5.73 Å². The molecule has 0 fully saturated rings. The summed E-state index contributed by atoms with van der Waals surface area (Å²) in [5.74, 6) is -0.206. The summed E-state index contributed by atoms with van der Waals surface area (Å²) in [6.45, 7) is 4.46. The number of nitrogens with zero attached hydrogens (tertiary/aromatic N) is 2. The number of benzene rings is 1. The maximum absolute atomic E-state index is 13.0. The van der Waals surface area contributed by atoms with Crippen LogP contribution in [0, 0.1) is 12.7 Å². The smallest absolute Gasteiger partial charge is 0.123 e. The van der Waals surface area contributed by atoms with Crippen molar-refractivity contribution in [3.63, 3.8) is 0 Å². The molecule has 0 aliphatic carbocycles. The fraction of sp³-hybridized carbons (Fsp3) is 0.308. The van der Waals surface area contributed by atoms with Crippen LogP contribution in [0.25, 0.3) is 0 Å². The van der Waals surface area contributed by atoms with E-state index in [1.807, 2.05) is 24.7 Å². The minimum absolute atomic E-state index is 0.0157. The number of hydrogen-bond donors (Lipinski definition) is 1. The van der Waals surface area contributed by atoms with Gasteiger partial charge < -0.3 is 5.73 Å². The molecule has 0 amide bonds. The van der Waals surface area contributed by atoms with Gasteiger partial charge in [-0.15, -0.1) is 0 Å². The zero-order valence-electron chi connectivity index (χ0n) is 10.0. The van der Waals surface area contributed by atoms with E-state index < -0.39 is 0 Å². The van der Waals surface area contributed by atoms with Gasteiger partial charge in [-0.2, -0.15) is 5.10 Å². The van der Waals surface area contributed by atoms with Gasteiger partial charge >= 0.3 is 0 Å². The Balaban J connectivity index is 2.19. The number of rotatable bonds is 3. The molecule has 0 radical (unpaired) electrons. The Morgan fingerprint density at radius 3 is 2.82 bits per heavy atom. The average Bonchev–Trinajstić information content (AvgIpc) is 2.71. The summed E-state index contributed by atoms with van der Waals surface area (Å²) in [6.07, 6.45) is 3.69. The van der Waals surface area contributed by atoms with Gasteiger partial charge in [-0.3, -0.25) is 4.68 Å². The maximum atomic E-state index is 13.0. The second-order valence-electron chi connectivity index (χ2n) is 4.33. The Kier molecular flexibility index (Phi) is 3.24. The van der Waals surface area contributed by atoms with Crippen LogP contribution in [-0.2, 0) is 6.54 Å². The van der Waals surface area contributed by atoms with E-state index in [4.69, 9.17) is 5.73 Å². The summed E-state index contributed by atoms with van der Waals surface area (Å²) < 4.78 is 14.8. The molecule has 1 atom stereocenters. The van der Waals surface area contributed by atoms with E-state index in [9.17, 15) is 4.39 Å². The van der Waals surface area contributed by atoms with Crippen molar-refractivity contribution in [2.75, 3.05) is 0 Å². The van der Waals surface area contributed by atoms with Gasteiger partial charge in [0, 0.05) is 17.8 Å². The van der Waals surface area contributed by atoms with E-state index in [0.29, 0.717) is 6.54 Å². The zero-order valence-corrected chi connectivity index (χ0v) is 10.0. The van der Waals surface area contributed by atoms with Crippen LogP contribution in [0.2, 0.25) is 0 Å². The number of halogens is 1. The van der Waals surface area contributed by atoms with Gasteiger partial charge in [0.1, 0.15) is 5.82 Å². The summed E-state index contributed by atoms with van der Waals surface area (Å²) in [7, 11) is 0. The van der Waals surface area contributed by atoms with Crippen molar-refractivity contribution < 1.29 is 4.39 Å². The highest BCUT2D eigenvalue weighted by Gasteiger charge is 2.05. The molecule has 4 heteroatoms. The lowest BCUT2D eigenvalue weighted by Gasteiger charge is -2.06. The molecular formula is C13H16FN3. The molecule has 3 nitrogen and oxygen atoms in total. The van der Waals surface area contributed by atoms with Crippen LogP contribution in [-0.4, -0.2) is 9.78 Å². The maximum Gasteiger partial charge on any atom is 0.123 e. The van der Waals surface area contributed by atoms with Crippen LogP contribution in [0.4, 0.5) is 4.39 Å². The van der Waals surface area contributed by atoms with E-state index in [-0.39, 0.29) is 11.9 Å². The van der Waals surface area contributed by atoms with E-state index in [1.54, 1.807) is 12.3 Å². The Hall–Kier alpha value is -1.68. The zero-order chi connectivity index (χ0) is 12.4. The summed E-state index contributed by atoms with van der Waals surface area (Å²) in [5.41, 5.74) is 8.77. The molecule has 2 N–H and O–H groups in total. The highest BCUT2D eigenvalue weighted by molar-refractivity contribution is 5.26. The first-order chi connectivity index (χ1) is 8.06. The fourth-order valence-electron chi connectivity index (χ4n) is 1.71. The Labute approximate surface area is 100 Å². The Bertz CT molecular complexity index is 517. The summed E-state index contributed by atoms with van der Waals surface area (Å²) >= 11 is 0. The molecule has 2 aromatic rings. The standard InChI is InChI=1S/C13H16FN3/c1-9-5-13(14)4-3-11(9)7-17-8-12(6-16-17)10(2)15/h3-6,8,10H,7,15H2,1-2H3/t10-/m1/s1. The van der Waals surface area contributed by atoms with Crippen molar-refractivity contribution in [1.29, 1.82) is 0 Å². The molecule has 0 saturated carbocycles. The van der Waals surface area contributed by atoms with Crippen LogP contribution in [0.15, 0.2) is 30.6 Å². The molecule has 90 valence electrons. The molecule has 0 aliphatic rings. The first-order valence-electron chi connectivity index (χ1n) is 5.59. The third-order valence-corrected chi connectivity index (χ3v) is 2.82. The summed E-state index contributed by atoms with van der Waals surface area (Å²) in [5, 5.41) is 4.24. The van der Waals surface area contributed by atoms with Crippen molar-refractivity contribution in [2.45, 2.75) is 26.4 Å². The molecule has 0 bridgehead atoms. The topological polar surface area (TPSA) is 43.8 Å². The van der Waals surface area contributed by atoms with E-state index in [1.165, 1.54) is 12.1 Å². The van der Waals surface area contributed by atoms with Crippen molar-refractivity contribution in [1.82, 2.24) is 9.78 Å². The molecule has 0 spiro atoms. The van der Waals surface area contributed by atoms with Gasteiger partial charge in [0.2, 0.25) is 0 Å². The lowest BCUT2D eigenvalue weighted by Crippen LogP contribution is -2.04. The molecule has 0 aliphatic heterocycles. The summed E-state index contributed by atoms with van der Waals surface area (Å²) in [4.78, 5) is 0. The number of aromatic nitrogens is 2. The molecule has 17 heavy (non-hydrogen) atoms. The van der Waals surface area contributed by atoms with E-state index in [0.717, 1.165) is 16.7 Å². The predicted molar refractivity (Wildman–Crippen MR) is 65.1 cm³/mol. The predicted octanol–water partition coefficient (Wildman–Crippen LogP) is 2.40. The Morgan fingerprint density at radius 1 is 1.47 bits per heavy atom. The molecule has 0 unspecified atom stereocenters. The molecule has 0 saturated heterocycles. The number of aryl methyl sites for hydroxylation is 1. The number of hydrogen-bond acceptors (Lipinski definition) is 2. The highest BCUT2D eigenvalue weighted by Crippen LogP contribution is 2.13. The van der Waals surface area contributed by atoms with Crippen LogP contribution in [0.1, 0.15) is 29.7 Å². The van der Waals surface area contributed by atoms with Crippen molar-refractivity contribution >= 4 is 0 Å². The van der Waals surface area contributed by atoms with Gasteiger partial charge in [0.25, 0.3) is 0 Å². The SMILES string of the molecule is Cc1cc(F)ccc1Cn1cc([C@@H](C)N)cn1. The minimum Gasteiger partial charge on any atom is -0.324 e. The lowest BCUT2D eigenvalue weighted by molar-refractivity contribution is 0.622. The molecule has 1 heterocycles. The van der Waals surface area contributed by atoms with Gasteiger partial charge in [0.05, 0.1) is 12.7 Å². The van der Waals surface area contributed by atoms with Crippen molar-refractivity contribution in [3.8, 4) is 0 Å². The Morgan fingerprint density at radius 2 is 2.24 bits per heavy atom. The quantitative estimate of drug-likeness (QED) is 0.884.